The average molecular weight is 252 g/mol. The quantitative estimate of drug-likeness (QED) is 0.852. The molecule has 2 N–H and O–H groups in total. The van der Waals surface area contributed by atoms with E-state index in [4.69, 9.17) is 0 Å². The van der Waals surface area contributed by atoms with Gasteiger partial charge < -0.3 is 10.6 Å². The highest BCUT2D eigenvalue weighted by Crippen LogP contribution is 2.06. The molecule has 0 radical (unpaired) electrons. The monoisotopic (exact) mass is 252 g/mol. The summed E-state index contributed by atoms with van der Waals surface area (Å²) in [6.45, 7) is 5.20. The second-order valence-electron chi connectivity index (χ2n) is 4.34. The van der Waals surface area contributed by atoms with E-state index in [-0.39, 0.29) is 17.5 Å². The second-order valence-corrected chi connectivity index (χ2v) is 4.34. The molecule has 0 fully saturated rings. The van der Waals surface area contributed by atoms with Crippen molar-refractivity contribution in [3.8, 4) is 0 Å². The van der Waals surface area contributed by atoms with Crippen LogP contribution >= 0.6 is 0 Å². The van der Waals surface area contributed by atoms with Crippen LogP contribution in [0.15, 0.2) is 24.3 Å². The van der Waals surface area contributed by atoms with E-state index < -0.39 is 17.8 Å². The van der Waals surface area contributed by atoms with E-state index >= 15 is 0 Å². The average Bonchev–Trinajstić information content (AvgIpc) is 2.28. The smallest absolute Gasteiger partial charge is 0.254 e. The number of carbonyl (C=O) groups excluding carboxylic acids is 2. The Bertz CT molecular complexity index is 446. The summed E-state index contributed by atoms with van der Waals surface area (Å²) in [5.41, 5.74) is -0.0679. The molecule has 0 saturated heterocycles. The molecule has 0 heterocycles. The Labute approximate surface area is 106 Å². The molecule has 18 heavy (non-hydrogen) atoms. The lowest BCUT2D eigenvalue weighted by Gasteiger charge is -2.16. The molecule has 2 amide bonds. The lowest BCUT2D eigenvalue weighted by atomic mass is 10.2. The van der Waals surface area contributed by atoms with Crippen LogP contribution in [0.25, 0.3) is 0 Å². The number of rotatable bonds is 4. The third kappa shape index (κ3) is 3.84. The highest BCUT2D eigenvalue weighted by molar-refractivity contribution is 5.97. The fourth-order valence-corrected chi connectivity index (χ4v) is 1.39. The summed E-state index contributed by atoms with van der Waals surface area (Å²) >= 11 is 0. The molecule has 0 aliphatic rings. The first kappa shape index (κ1) is 14.2. The maximum Gasteiger partial charge on any atom is 0.254 e. The van der Waals surface area contributed by atoms with Gasteiger partial charge in [-0.25, -0.2) is 4.39 Å². The minimum Gasteiger partial charge on any atom is -0.352 e. The van der Waals surface area contributed by atoms with Gasteiger partial charge in [0, 0.05) is 6.04 Å². The molecule has 0 saturated carbocycles. The second kappa shape index (κ2) is 6.14. The number of amides is 2. The van der Waals surface area contributed by atoms with E-state index in [2.05, 4.69) is 10.6 Å². The van der Waals surface area contributed by atoms with E-state index in [0.29, 0.717) is 0 Å². The van der Waals surface area contributed by atoms with Crippen molar-refractivity contribution < 1.29 is 14.0 Å². The zero-order valence-corrected chi connectivity index (χ0v) is 10.7. The van der Waals surface area contributed by atoms with Crippen LogP contribution in [-0.4, -0.2) is 23.9 Å². The van der Waals surface area contributed by atoms with E-state index in [1.165, 1.54) is 18.2 Å². The topological polar surface area (TPSA) is 58.2 Å². The van der Waals surface area contributed by atoms with Crippen molar-refractivity contribution in [3.63, 3.8) is 0 Å². The number of hydrogen-bond donors (Lipinski definition) is 2. The van der Waals surface area contributed by atoms with Crippen LogP contribution in [0.3, 0.4) is 0 Å². The first-order chi connectivity index (χ1) is 8.41. The van der Waals surface area contributed by atoms with Gasteiger partial charge in [-0.2, -0.15) is 0 Å². The Balaban J connectivity index is 2.65. The number of nitrogens with one attached hydrogen (secondary N) is 2. The third-order valence-corrected chi connectivity index (χ3v) is 2.29. The molecule has 1 atom stereocenters. The fourth-order valence-electron chi connectivity index (χ4n) is 1.39. The molecule has 4 nitrogen and oxygen atoms in total. The van der Waals surface area contributed by atoms with E-state index in [1.807, 2.05) is 13.8 Å². The first-order valence-electron chi connectivity index (χ1n) is 5.77. The van der Waals surface area contributed by atoms with Gasteiger partial charge in [0.25, 0.3) is 5.91 Å². The molecular formula is C13H17FN2O2. The van der Waals surface area contributed by atoms with Crippen molar-refractivity contribution in [2.24, 2.45) is 0 Å². The molecule has 1 unspecified atom stereocenters. The summed E-state index contributed by atoms with van der Waals surface area (Å²) in [7, 11) is 0. The molecule has 1 rings (SSSR count). The Morgan fingerprint density at radius 2 is 1.72 bits per heavy atom. The largest absolute Gasteiger partial charge is 0.352 e. The molecule has 98 valence electrons. The van der Waals surface area contributed by atoms with Gasteiger partial charge in [-0.3, -0.25) is 9.59 Å². The van der Waals surface area contributed by atoms with Gasteiger partial charge >= 0.3 is 0 Å². The number of halogens is 1. The fraction of sp³-hybridized carbons (Fsp3) is 0.385. The van der Waals surface area contributed by atoms with Crippen molar-refractivity contribution in [1.82, 2.24) is 10.6 Å². The molecule has 0 spiro atoms. The van der Waals surface area contributed by atoms with Crippen LogP contribution in [0.2, 0.25) is 0 Å². The standard InChI is InChI=1S/C13H17FN2O2/c1-8(2)15-12(17)9(3)16-13(18)10-6-4-5-7-11(10)14/h4-9H,1-3H3,(H,15,17)(H,16,18). The van der Waals surface area contributed by atoms with Gasteiger partial charge in [0.05, 0.1) is 5.56 Å². The van der Waals surface area contributed by atoms with E-state index in [1.54, 1.807) is 13.0 Å². The van der Waals surface area contributed by atoms with Crippen molar-refractivity contribution in [3.05, 3.63) is 35.6 Å². The van der Waals surface area contributed by atoms with Crippen molar-refractivity contribution >= 4 is 11.8 Å². The van der Waals surface area contributed by atoms with Crippen LogP contribution in [0.4, 0.5) is 4.39 Å². The van der Waals surface area contributed by atoms with E-state index in [9.17, 15) is 14.0 Å². The minimum absolute atomic E-state index is 0.00897. The normalized spacial score (nSPS) is 12.1. The van der Waals surface area contributed by atoms with Gasteiger partial charge in [-0.05, 0) is 32.9 Å². The molecule has 0 aliphatic heterocycles. The SMILES string of the molecule is CC(C)NC(=O)C(C)NC(=O)c1ccccc1F. The van der Waals surface area contributed by atoms with Crippen molar-refractivity contribution in [2.75, 3.05) is 0 Å². The molecular weight excluding hydrogens is 235 g/mol. The summed E-state index contributed by atoms with van der Waals surface area (Å²) in [6, 6.07) is 4.92. The zero-order chi connectivity index (χ0) is 13.7. The van der Waals surface area contributed by atoms with Crippen LogP contribution in [-0.2, 0) is 4.79 Å². The van der Waals surface area contributed by atoms with Crippen LogP contribution in [0.5, 0.6) is 0 Å². The van der Waals surface area contributed by atoms with Gasteiger partial charge in [0.2, 0.25) is 5.91 Å². The Morgan fingerprint density at radius 1 is 1.11 bits per heavy atom. The summed E-state index contributed by atoms with van der Waals surface area (Å²) in [5, 5.41) is 5.12. The van der Waals surface area contributed by atoms with Gasteiger partial charge in [-0.15, -0.1) is 0 Å². The van der Waals surface area contributed by atoms with Crippen LogP contribution < -0.4 is 10.6 Å². The Kier molecular flexibility index (Phi) is 4.83. The Morgan fingerprint density at radius 3 is 2.28 bits per heavy atom. The predicted octanol–water partition coefficient (Wildman–Crippen LogP) is 1.47. The lowest BCUT2D eigenvalue weighted by Crippen LogP contribution is -2.46. The van der Waals surface area contributed by atoms with Crippen molar-refractivity contribution in [1.29, 1.82) is 0 Å². The highest BCUT2D eigenvalue weighted by atomic mass is 19.1. The van der Waals surface area contributed by atoms with Gasteiger partial charge in [0.1, 0.15) is 11.9 Å². The summed E-state index contributed by atoms with van der Waals surface area (Å²) in [6.07, 6.45) is 0. The molecule has 1 aromatic rings. The van der Waals surface area contributed by atoms with Gasteiger partial charge in [0.15, 0.2) is 0 Å². The molecule has 0 aromatic heterocycles. The maximum atomic E-state index is 13.3. The van der Waals surface area contributed by atoms with Crippen LogP contribution in [0, 0.1) is 5.82 Å². The third-order valence-electron chi connectivity index (χ3n) is 2.29. The predicted molar refractivity (Wildman–Crippen MR) is 66.6 cm³/mol. The summed E-state index contributed by atoms with van der Waals surface area (Å²) < 4.78 is 13.3. The van der Waals surface area contributed by atoms with Crippen molar-refractivity contribution in [2.45, 2.75) is 32.9 Å². The maximum absolute atomic E-state index is 13.3. The number of carbonyl (C=O) groups is 2. The zero-order valence-electron chi connectivity index (χ0n) is 10.7. The van der Waals surface area contributed by atoms with Crippen LogP contribution in [0.1, 0.15) is 31.1 Å². The van der Waals surface area contributed by atoms with E-state index in [0.717, 1.165) is 0 Å². The summed E-state index contributed by atoms with van der Waals surface area (Å²) in [5.74, 6) is -1.50. The number of benzene rings is 1. The number of hydrogen-bond acceptors (Lipinski definition) is 2. The first-order valence-corrected chi connectivity index (χ1v) is 5.77. The molecule has 5 heteroatoms. The summed E-state index contributed by atoms with van der Waals surface area (Å²) in [4.78, 5) is 23.3. The minimum atomic E-state index is -0.709. The van der Waals surface area contributed by atoms with Gasteiger partial charge in [-0.1, -0.05) is 12.1 Å². The lowest BCUT2D eigenvalue weighted by molar-refractivity contribution is -0.123. The molecule has 0 aliphatic carbocycles. The Hall–Kier alpha value is -1.91. The highest BCUT2D eigenvalue weighted by Gasteiger charge is 2.18. The molecule has 1 aromatic carbocycles. The molecule has 0 bridgehead atoms.